The largest absolute Gasteiger partial charge is 0.354 e. The van der Waals surface area contributed by atoms with E-state index in [1.165, 1.54) is 12.8 Å². The van der Waals surface area contributed by atoms with Gasteiger partial charge in [0.05, 0.1) is 0 Å². The molecule has 0 amide bonds. The molecule has 1 aromatic heterocycles. The van der Waals surface area contributed by atoms with Crippen molar-refractivity contribution < 1.29 is 0 Å². The first kappa shape index (κ1) is 17.0. The fourth-order valence-electron chi connectivity index (χ4n) is 3.19. The summed E-state index contributed by atoms with van der Waals surface area (Å²) in [7, 11) is 0. The molecule has 5 heteroatoms. The lowest BCUT2D eigenvalue weighted by atomic mass is 10.2. The fourth-order valence-corrected chi connectivity index (χ4v) is 3.37. The first-order chi connectivity index (χ1) is 11.6. The van der Waals surface area contributed by atoms with Crippen LogP contribution in [0.1, 0.15) is 44.4 Å². The Morgan fingerprint density at radius 1 is 1.29 bits per heavy atom. The summed E-state index contributed by atoms with van der Waals surface area (Å²) in [6.07, 6.45) is 4.48. The molecule has 1 saturated heterocycles. The summed E-state index contributed by atoms with van der Waals surface area (Å²) in [5, 5.41) is 4.07. The van der Waals surface area contributed by atoms with Gasteiger partial charge in [0, 0.05) is 35.1 Å². The second-order valence-corrected chi connectivity index (χ2v) is 7.00. The number of aryl methyl sites for hydroxylation is 2. The molecule has 0 spiro atoms. The molecule has 1 aliphatic rings. The van der Waals surface area contributed by atoms with E-state index in [9.17, 15) is 0 Å². The second-order valence-electron chi connectivity index (χ2n) is 6.56. The first-order valence-corrected chi connectivity index (χ1v) is 9.12. The van der Waals surface area contributed by atoms with Gasteiger partial charge in [-0.25, -0.2) is 4.98 Å². The maximum atomic E-state index is 6.13. The van der Waals surface area contributed by atoms with Gasteiger partial charge in [-0.05, 0) is 50.8 Å². The number of nitrogens with zero attached hydrogens (tertiary/aromatic N) is 3. The van der Waals surface area contributed by atoms with Crippen LogP contribution in [0.15, 0.2) is 24.3 Å². The van der Waals surface area contributed by atoms with Crippen molar-refractivity contribution in [2.45, 2.75) is 52.5 Å². The highest BCUT2D eigenvalue weighted by Crippen LogP contribution is 2.27. The van der Waals surface area contributed by atoms with E-state index in [1.54, 1.807) is 0 Å². The lowest BCUT2D eigenvalue weighted by molar-refractivity contribution is 0.724. The SMILES string of the molecule is CCCc1cc(N2CCCC2C)nc(Nc2cc(Cl)ccc2C)n1. The van der Waals surface area contributed by atoms with Crippen LogP contribution in [0.25, 0.3) is 0 Å². The Kier molecular flexibility index (Phi) is 5.24. The number of halogens is 1. The maximum absolute atomic E-state index is 6.13. The molecule has 0 bridgehead atoms. The highest BCUT2D eigenvalue weighted by atomic mass is 35.5. The van der Waals surface area contributed by atoms with Gasteiger partial charge in [-0.15, -0.1) is 0 Å². The van der Waals surface area contributed by atoms with E-state index < -0.39 is 0 Å². The minimum Gasteiger partial charge on any atom is -0.354 e. The van der Waals surface area contributed by atoms with Crippen molar-refractivity contribution in [2.24, 2.45) is 0 Å². The van der Waals surface area contributed by atoms with Gasteiger partial charge in [-0.3, -0.25) is 0 Å². The maximum Gasteiger partial charge on any atom is 0.229 e. The first-order valence-electron chi connectivity index (χ1n) is 8.74. The molecule has 3 rings (SSSR count). The second kappa shape index (κ2) is 7.39. The molecule has 4 nitrogen and oxygen atoms in total. The van der Waals surface area contributed by atoms with Crippen molar-refractivity contribution in [3.63, 3.8) is 0 Å². The number of nitrogens with one attached hydrogen (secondary N) is 1. The van der Waals surface area contributed by atoms with Crippen LogP contribution in [-0.4, -0.2) is 22.6 Å². The third kappa shape index (κ3) is 3.81. The molecule has 1 aromatic carbocycles. The van der Waals surface area contributed by atoms with Crippen LogP contribution in [0.3, 0.4) is 0 Å². The van der Waals surface area contributed by atoms with Crippen LogP contribution in [0.2, 0.25) is 5.02 Å². The summed E-state index contributed by atoms with van der Waals surface area (Å²) >= 11 is 6.13. The zero-order chi connectivity index (χ0) is 17.1. The average Bonchev–Trinajstić information content (AvgIpc) is 2.97. The van der Waals surface area contributed by atoms with Crippen molar-refractivity contribution in [2.75, 3.05) is 16.8 Å². The number of aromatic nitrogens is 2. The molecule has 2 heterocycles. The van der Waals surface area contributed by atoms with Gasteiger partial charge in [-0.2, -0.15) is 4.98 Å². The number of anilines is 3. The highest BCUT2D eigenvalue weighted by molar-refractivity contribution is 6.30. The van der Waals surface area contributed by atoms with Gasteiger partial charge < -0.3 is 10.2 Å². The van der Waals surface area contributed by atoms with E-state index in [-0.39, 0.29) is 0 Å². The molecule has 24 heavy (non-hydrogen) atoms. The van der Waals surface area contributed by atoms with Crippen LogP contribution in [0.5, 0.6) is 0 Å². The molecule has 128 valence electrons. The Morgan fingerprint density at radius 2 is 2.12 bits per heavy atom. The van der Waals surface area contributed by atoms with Crippen LogP contribution in [-0.2, 0) is 6.42 Å². The van der Waals surface area contributed by atoms with Gasteiger partial charge in [0.15, 0.2) is 0 Å². The van der Waals surface area contributed by atoms with Crippen molar-refractivity contribution in [3.8, 4) is 0 Å². The molecular weight excluding hydrogens is 320 g/mol. The van der Waals surface area contributed by atoms with Crippen molar-refractivity contribution in [3.05, 3.63) is 40.5 Å². The van der Waals surface area contributed by atoms with E-state index in [0.29, 0.717) is 17.0 Å². The Balaban J connectivity index is 1.94. The third-order valence-corrected chi connectivity index (χ3v) is 4.80. The summed E-state index contributed by atoms with van der Waals surface area (Å²) < 4.78 is 0. The Hall–Kier alpha value is -1.81. The smallest absolute Gasteiger partial charge is 0.229 e. The summed E-state index contributed by atoms with van der Waals surface area (Å²) in [5.41, 5.74) is 3.17. The van der Waals surface area contributed by atoms with Crippen molar-refractivity contribution in [1.29, 1.82) is 0 Å². The fraction of sp³-hybridized carbons (Fsp3) is 0.474. The molecule has 1 fully saturated rings. The Morgan fingerprint density at radius 3 is 2.83 bits per heavy atom. The lowest BCUT2D eigenvalue weighted by Crippen LogP contribution is -2.27. The van der Waals surface area contributed by atoms with Crippen LogP contribution in [0, 0.1) is 6.92 Å². The molecule has 2 aromatic rings. The third-order valence-electron chi connectivity index (χ3n) is 4.57. The number of hydrogen-bond donors (Lipinski definition) is 1. The van der Waals surface area contributed by atoms with Gasteiger partial charge in [-0.1, -0.05) is 31.0 Å². The Labute approximate surface area is 149 Å². The average molecular weight is 345 g/mol. The summed E-state index contributed by atoms with van der Waals surface area (Å²) in [5.74, 6) is 1.68. The predicted molar refractivity (Wildman–Crippen MR) is 102 cm³/mol. The topological polar surface area (TPSA) is 41.1 Å². The quantitative estimate of drug-likeness (QED) is 0.817. The molecule has 1 atom stereocenters. The van der Waals surface area contributed by atoms with Crippen molar-refractivity contribution in [1.82, 2.24) is 9.97 Å². The number of benzene rings is 1. The van der Waals surface area contributed by atoms with E-state index in [2.05, 4.69) is 37.1 Å². The monoisotopic (exact) mass is 344 g/mol. The van der Waals surface area contributed by atoms with Gasteiger partial charge >= 0.3 is 0 Å². The van der Waals surface area contributed by atoms with Crippen LogP contribution >= 0.6 is 11.6 Å². The van der Waals surface area contributed by atoms with Gasteiger partial charge in [0.2, 0.25) is 5.95 Å². The zero-order valence-electron chi connectivity index (χ0n) is 14.6. The van der Waals surface area contributed by atoms with Gasteiger partial charge in [0.25, 0.3) is 0 Å². The minimum atomic E-state index is 0.537. The molecule has 0 radical (unpaired) electrons. The van der Waals surface area contributed by atoms with Crippen molar-refractivity contribution >= 4 is 29.1 Å². The van der Waals surface area contributed by atoms with Crippen LogP contribution < -0.4 is 10.2 Å². The van der Waals surface area contributed by atoms with E-state index in [4.69, 9.17) is 21.6 Å². The zero-order valence-corrected chi connectivity index (χ0v) is 15.4. The predicted octanol–water partition coefficient (Wildman–Crippen LogP) is 5.12. The molecule has 0 saturated carbocycles. The minimum absolute atomic E-state index is 0.537. The highest BCUT2D eigenvalue weighted by Gasteiger charge is 2.22. The summed E-state index contributed by atoms with van der Waals surface area (Å²) in [6.45, 7) is 7.56. The normalized spacial score (nSPS) is 17.3. The van der Waals surface area contributed by atoms with Crippen LogP contribution in [0.4, 0.5) is 17.5 Å². The lowest BCUT2D eigenvalue weighted by Gasteiger charge is -2.23. The molecule has 1 N–H and O–H groups in total. The summed E-state index contributed by atoms with van der Waals surface area (Å²) in [6, 6.07) is 8.50. The summed E-state index contributed by atoms with van der Waals surface area (Å²) in [4.78, 5) is 11.9. The molecular formula is C19H25ClN4. The van der Waals surface area contributed by atoms with Gasteiger partial charge in [0.1, 0.15) is 5.82 Å². The molecule has 1 aliphatic heterocycles. The van der Waals surface area contributed by atoms with E-state index in [0.717, 1.165) is 42.1 Å². The van der Waals surface area contributed by atoms with E-state index >= 15 is 0 Å². The number of rotatable bonds is 5. The Bertz CT molecular complexity index is 717. The standard InChI is InChI=1S/C19H25ClN4/c1-4-6-16-12-18(24-10-5-7-14(24)3)23-19(21-16)22-17-11-15(20)9-8-13(17)2/h8-9,11-12,14H,4-7,10H2,1-3H3,(H,21,22,23). The van der Waals surface area contributed by atoms with E-state index in [1.807, 2.05) is 18.2 Å². The molecule has 1 unspecified atom stereocenters. The molecule has 0 aliphatic carbocycles. The number of hydrogen-bond acceptors (Lipinski definition) is 4.